The van der Waals surface area contributed by atoms with Gasteiger partial charge in [-0.1, -0.05) is 29.8 Å². The van der Waals surface area contributed by atoms with Gasteiger partial charge in [-0.15, -0.1) is 0 Å². The molecule has 4 nitrogen and oxygen atoms in total. The Bertz CT molecular complexity index is 713. The summed E-state index contributed by atoms with van der Waals surface area (Å²) in [5.41, 5.74) is 4.50. The summed E-state index contributed by atoms with van der Waals surface area (Å²) in [6, 6.07) is 9.54. The van der Waals surface area contributed by atoms with Crippen LogP contribution in [0.5, 0.6) is 0 Å². The average molecular weight is 310 g/mol. The summed E-state index contributed by atoms with van der Waals surface area (Å²) in [6.45, 7) is 1.93. The molecule has 3 aliphatic heterocycles. The second kappa shape index (κ2) is 4.53. The van der Waals surface area contributed by atoms with Crippen LogP contribution in [0, 0.1) is 0 Å². The first-order valence-electron chi connectivity index (χ1n) is 8.67. The van der Waals surface area contributed by atoms with Gasteiger partial charge in [0.1, 0.15) is 0 Å². The highest BCUT2D eigenvalue weighted by molar-refractivity contribution is 5.74. The van der Waals surface area contributed by atoms with Gasteiger partial charge in [0, 0.05) is 24.2 Å². The van der Waals surface area contributed by atoms with Crippen LogP contribution < -0.4 is 4.90 Å². The molecule has 0 bridgehead atoms. The third kappa shape index (κ3) is 1.49. The number of ether oxygens (including phenoxy) is 1. The van der Waals surface area contributed by atoms with Crippen LogP contribution in [0.2, 0.25) is 0 Å². The summed E-state index contributed by atoms with van der Waals surface area (Å²) in [4.78, 5) is 16.9. The molecule has 1 aromatic carbocycles. The number of carbonyl (C=O) groups is 1. The summed E-state index contributed by atoms with van der Waals surface area (Å²) in [5, 5.41) is 0. The van der Waals surface area contributed by atoms with Crippen LogP contribution >= 0.6 is 0 Å². The minimum Gasteiger partial charge on any atom is -0.453 e. The van der Waals surface area contributed by atoms with Crippen molar-refractivity contribution in [3.05, 3.63) is 41.5 Å². The Morgan fingerprint density at radius 2 is 2.17 bits per heavy atom. The molecule has 4 aliphatic rings. The standard InChI is InChI=1S/C19H22N2O2/c1-23-18(22)21-12-10-19-14-6-2-3-7-15(14)20-11-4-5-13(17(19)20)8-9-16(19)21/h2-3,6-8,16-17H,4-5,9-12H2,1H3/t16-,17-,19-/m0/s1. The molecule has 5 rings (SSSR count). The lowest BCUT2D eigenvalue weighted by molar-refractivity contribution is 0.107. The second-order valence-corrected chi connectivity index (χ2v) is 7.20. The van der Waals surface area contributed by atoms with Crippen molar-refractivity contribution < 1.29 is 9.53 Å². The van der Waals surface area contributed by atoms with Crippen LogP contribution in [0.3, 0.4) is 0 Å². The van der Waals surface area contributed by atoms with Crippen LogP contribution in [0.25, 0.3) is 0 Å². The van der Waals surface area contributed by atoms with E-state index in [2.05, 4.69) is 35.2 Å². The number of fused-ring (bicyclic) bond motifs is 2. The van der Waals surface area contributed by atoms with E-state index >= 15 is 0 Å². The molecule has 2 fully saturated rings. The van der Waals surface area contributed by atoms with E-state index in [1.54, 1.807) is 5.57 Å². The normalized spacial score (nSPS) is 33.7. The summed E-state index contributed by atoms with van der Waals surface area (Å²) < 4.78 is 5.06. The van der Waals surface area contributed by atoms with Gasteiger partial charge in [0.2, 0.25) is 0 Å². The largest absolute Gasteiger partial charge is 0.453 e. The fourth-order valence-electron chi connectivity index (χ4n) is 5.74. The molecule has 0 unspecified atom stereocenters. The Balaban J connectivity index is 1.71. The van der Waals surface area contributed by atoms with Crippen molar-refractivity contribution in [2.75, 3.05) is 25.1 Å². The maximum atomic E-state index is 12.3. The first-order valence-corrected chi connectivity index (χ1v) is 8.67. The van der Waals surface area contributed by atoms with Gasteiger partial charge >= 0.3 is 6.09 Å². The van der Waals surface area contributed by atoms with E-state index in [1.165, 1.54) is 31.2 Å². The Morgan fingerprint density at radius 3 is 3.04 bits per heavy atom. The van der Waals surface area contributed by atoms with Gasteiger partial charge in [-0.3, -0.25) is 0 Å². The molecule has 1 aliphatic carbocycles. The van der Waals surface area contributed by atoms with Gasteiger partial charge < -0.3 is 14.5 Å². The van der Waals surface area contributed by atoms with Crippen LogP contribution in [-0.2, 0) is 10.2 Å². The minimum atomic E-state index is -0.171. The number of anilines is 1. The van der Waals surface area contributed by atoms with Crippen LogP contribution in [0.4, 0.5) is 10.5 Å². The lowest BCUT2D eigenvalue weighted by Crippen LogP contribution is -2.57. The number of nitrogens with zero attached hydrogens (tertiary/aromatic N) is 2. The Hall–Kier alpha value is -1.97. The van der Waals surface area contributed by atoms with E-state index in [0.29, 0.717) is 6.04 Å². The highest BCUT2D eigenvalue weighted by Gasteiger charge is 2.63. The minimum absolute atomic E-state index is 0.0648. The summed E-state index contributed by atoms with van der Waals surface area (Å²) >= 11 is 0. The highest BCUT2D eigenvalue weighted by atomic mass is 16.5. The van der Waals surface area contributed by atoms with E-state index < -0.39 is 0 Å². The Kier molecular flexibility index (Phi) is 2.65. The lowest BCUT2D eigenvalue weighted by atomic mass is 9.63. The number of hydrogen-bond donors (Lipinski definition) is 0. The lowest BCUT2D eigenvalue weighted by Gasteiger charge is -2.48. The first kappa shape index (κ1) is 13.5. The highest BCUT2D eigenvalue weighted by Crippen LogP contribution is 2.59. The molecule has 0 saturated carbocycles. The van der Waals surface area contributed by atoms with Crippen LogP contribution in [0.1, 0.15) is 31.2 Å². The fourth-order valence-corrected chi connectivity index (χ4v) is 5.74. The molecule has 3 heterocycles. The van der Waals surface area contributed by atoms with E-state index in [1.807, 2.05) is 4.90 Å². The number of likely N-dealkylation sites (tertiary alicyclic amines) is 1. The molecule has 23 heavy (non-hydrogen) atoms. The maximum Gasteiger partial charge on any atom is 0.409 e. The molecule has 2 saturated heterocycles. The molecule has 120 valence electrons. The molecular formula is C19H22N2O2. The van der Waals surface area contributed by atoms with Crippen LogP contribution in [0.15, 0.2) is 35.9 Å². The quantitative estimate of drug-likeness (QED) is 0.690. The number of amides is 1. The second-order valence-electron chi connectivity index (χ2n) is 7.20. The molecule has 3 atom stereocenters. The zero-order valence-corrected chi connectivity index (χ0v) is 13.5. The predicted molar refractivity (Wildman–Crippen MR) is 88.7 cm³/mol. The molecule has 4 heteroatoms. The number of benzene rings is 1. The van der Waals surface area contributed by atoms with Crippen molar-refractivity contribution in [3.8, 4) is 0 Å². The zero-order valence-electron chi connectivity index (χ0n) is 13.5. The van der Waals surface area contributed by atoms with Crippen molar-refractivity contribution >= 4 is 11.8 Å². The van der Waals surface area contributed by atoms with Gasteiger partial charge in [0.25, 0.3) is 0 Å². The topological polar surface area (TPSA) is 32.8 Å². The third-order valence-electron chi connectivity index (χ3n) is 6.48. The summed E-state index contributed by atoms with van der Waals surface area (Å²) in [5.74, 6) is 0. The monoisotopic (exact) mass is 310 g/mol. The summed E-state index contributed by atoms with van der Waals surface area (Å²) in [6.07, 6.45) is 6.69. The van der Waals surface area contributed by atoms with Crippen molar-refractivity contribution in [1.82, 2.24) is 4.90 Å². The zero-order chi connectivity index (χ0) is 15.6. The van der Waals surface area contributed by atoms with Gasteiger partial charge in [-0.05, 0) is 37.3 Å². The molecule has 1 aromatic rings. The van der Waals surface area contributed by atoms with Gasteiger partial charge in [-0.25, -0.2) is 4.79 Å². The Labute approximate surface area is 136 Å². The Morgan fingerprint density at radius 1 is 1.30 bits per heavy atom. The van der Waals surface area contributed by atoms with Gasteiger partial charge in [0.15, 0.2) is 0 Å². The molecular weight excluding hydrogens is 288 g/mol. The first-order chi connectivity index (χ1) is 11.3. The van der Waals surface area contributed by atoms with Gasteiger partial charge in [0.05, 0.1) is 19.2 Å². The molecule has 1 spiro atoms. The van der Waals surface area contributed by atoms with E-state index in [-0.39, 0.29) is 17.6 Å². The third-order valence-corrected chi connectivity index (χ3v) is 6.48. The fraction of sp³-hybridized carbons (Fsp3) is 0.526. The molecule has 0 radical (unpaired) electrons. The summed E-state index contributed by atoms with van der Waals surface area (Å²) in [7, 11) is 1.49. The number of methoxy groups -OCH3 is 1. The molecule has 0 aromatic heterocycles. The van der Waals surface area contributed by atoms with E-state index in [4.69, 9.17) is 4.74 Å². The number of piperidine rings is 1. The number of para-hydroxylation sites is 1. The van der Waals surface area contributed by atoms with Crippen LogP contribution in [-0.4, -0.2) is 43.3 Å². The van der Waals surface area contributed by atoms with Crippen molar-refractivity contribution in [2.24, 2.45) is 0 Å². The van der Waals surface area contributed by atoms with Crippen molar-refractivity contribution in [3.63, 3.8) is 0 Å². The number of hydrogen-bond acceptors (Lipinski definition) is 3. The number of rotatable bonds is 0. The van der Waals surface area contributed by atoms with Crippen molar-refractivity contribution in [2.45, 2.75) is 43.2 Å². The number of carbonyl (C=O) groups excluding carboxylic acids is 1. The smallest absolute Gasteiger partial charge is 0.409 e. The van der Waals surface area contributed by atoms with E-state index in [0.717, 1.165) is 25.9 Å². The average Bonchev–Trinajstić information content (AvgIpc) is 3.13. The van der Waals surface area contributed by atoms with Crippen molar-refractivity contribution in [1.29, 1.82) is 0 Å². The maximum absolute atomic E-state index is 12.3. The van der Waals surface area contributed by atoms with E-state index in [9.17, 15) is 4.79 Å². The van der Waals surface area contributed by atoms with Gasteiger partial charge in [-0.2, -0.15) is 0 Å². The molecule has 1 amide bonds. The molecule has 0 N–H and O–H groups in total. The predicted octanol–water partition coefficient (Wildman–Crippen LogP) is 3.08. The SMILES string of the molecule is COC(=O)N1CC[C@]23c4ccccc4N4CCCC(=CC[C@H]12)[C@H]43.